The number of rotatable bonds is 3. The van der Waals surface area contributed by atoms with Crippen molar-refractivity contribution in [3.05, 3.63) is 27.8 Å². The molecule has 0 saturated heterocycles. The van der Waals surface area contributed by atoms with Crippen molar-refractivity contribution in [3.63, 3.8) is 0 Å². The van der Waals surface area contributed by atoms with E-state index in [4.69, 9.17) is 0 Å². The molecule has 2 rings (SSSR count). The highest BCUT2D eigenvalue weighted by Gasteiger charge is 2.12. The monoisotopic (exact) mass is 250 g/mol. The quantitative estimate of drug-likeness (QED) is 0.879. The third-order valence-electron chi connectivity index (χ3n) is 2.31. The Morgan fingerprint density at radius 3 is 2.82 bits per heavy atom. The fraction of sp³-hybridized carbons (Fsp3) is 0.364. The molecule has 0 spiro atoms. The molecule has 0 unspecified atom stereocenters. The second kappa shape index (κ2) is 4.67. The number of hydrogen-bond acceptors (Lipinski definition) is 4. The highest BCUT2D eigenvalue weighted by molar-refractivity contribution is 7.09. The van der Waals surface area contributed by atoms with Crippen molar-refractivity contribution in [3.8, 4) is 0 Å². The SMILES string of the molecule is Cc1nc(C(=O)Nc2cc(C(C)C)[nH]n2)cs1. The molecule has 0 atom stereocenters. The van der Waals surface area contributed by atoms with Gasteiger partial charge in [-0.15, -0.1) is 11.3 Å². The van der Waals surface area contributed by atoms with Gasteiger partial charge in [-0.25, -0.2) is 4.98 Å². The van der Waals surface area contributed by atoms with Crippen LogP contribution in [0.4, 0.5) is 5.82 Å². The van der Waals surface area contributed by atoms with Crippen molar-refractivity contribution in [2.24, 2.45) is 0 Å². The lowest BCUT2D eigenvalue weighted by Crippen LogP contribution is -2.12. The molecule has 0 fully saturated rings. The lowest BCUT2D eigenvalue weighted by molar-refractivity contribution is 0.102. The number of nitrogens with zero attached hydrogens (tertiary/aromatic N) is 2. The minimum Gasteiger partial charge on any atom is -0.304 e. The van der Waals surface area contributed by atoms with Gasteiger partial charge in [-0.05, 0) is 12.8 Å². The predicted octanol–water partition coefficient (Wildman–Crippen LogP) is 2.55. The van der Waals surface area contributed by atoms with Crippen molar-refractivity contribution in [2.45, 2.75) is 26.7 Å². The van der Waals surface area contributed by atoms with E-state index in [1.54, 1.807) is 5.38 Å². The van der Waals surface area contributed by atoms with Crippen molar-refractivity contribution in [2.75, 3.05) is 5.32 Å². The second-order valence-electron chi connectivity index (χ2n) is 4.07. The second-order valence-corrected chi connectivity index (χ2v) is 5.13. The van der Waals surface area contributed by atoms with E-state index < -0.39 is 0 Å². The van der Waals surface area contributed by atoms with Crippen LogP contribution in [0.1, 0.15) is 41.0 Å². The summed E-state index contributed by atoms with van der Waals surface area (Å²) in [6.07, 6.45) is 0. The Morgan fingerprint density at radius 2 is 2.29 bits per heavy atom. The van der Waals surface area contributed by atoms with Crippen molar-refractivity contribution < 1.29 is 4.79 Å². The van der Waals surface area contributed by atoms with E-state index in [1.165, 1.54) is 11.3 Å². The largest absolute Gasteiger partial charge is 0.304 e. The third kappa shape index (κ3) is 2.71. The van der Waals surface area contributed by atoms with Gasteiger partial charge < -0.3 is 5.32 Å². The molecular formula is C11H14N4OS. The normalized spacial score (nSPS) is 10.8. The fourth-order valence-corrected chi connectivity index (χ4v) is 1.94. The van der Waals surface area contributed by atoms with E-state index in [-0.39, 0.29) is 5.91 Å². The van der Waals surface area contributed by atoms with Gasteiger partial charge >= 0.3 is 0 Å². The highest BCUT2D eigenvalue weighted by Crippen LogP contribution is 2.16. The van der Waals surface area contributed by atoms with E-state index in [0.717, 1.165) is 10.7 Å². The molecule has 6 heteroatoms. The average Bonchev–Trinajstić information content (AvgIpc) is 2.86. The molecule has 2 heterocycles. The number of hydrogen-bond donors (Lipinski definition) is 2. The summed E-state index contributed by atoms with van der Waals surface area (Å²) in [6.45, 7) is 5.98. The van der Waals surface area contributed by atoms with Gasteiger partial charge in [0, 0.05) is 17.1 Å². The molecule has 2 aromatic heterocycles. The Morgan fingerprint density at radius 1 is 1.53 bits per heavy atom. The van der Waals surface area contributed by atoms with E-state index in [1.807, 2.05) is 13.0 Å². The van der Waals surface area contributed by atoms with E-state index in [0.29, 0.717) is 17.4 Å². The zero-order chi connectivity index (χ0) is 12.4. The predicted molar refractivity (Wildman–Crippen MR) is 67.5 cm³/mol. The first-order valence-corrected chi connectivity index (χ1v) is 6.23. The molecule has 0 radical (unpaired) electrons. The van der Waals surface area contributed by atoms with E-state index in [9.17, 15) is 4.79 Å². The minimum absolute atomic E-state index is 0.226. The van der Waals surface area contributed by atoms with Crippen LogP contribution >= 0.6 is 11.3 Å². The van der Waals surface area contributed by atoms with Gasteiger partial charge in [-0.2, -0.15) is 5.10 Å². The molecule has 0 aliphatic heterocycles. The summed E-state index contributed by atoms with van der Waals surface area (Å²) in [5.41, 5.74) is 1.43. The molecule has 0 bridgehead atoms. The van der Waals surface area contributed by atoms with Gasteiger partial charge in [0.2, 0.25) is 0 Å². The van der Waals surface area contributed by atoms with Crippen LogP contribution in [0.3, 0.4) is 0 Å². The Bertz CT molecular complexity index is 529. The van der Waals surface area contributed by atoms with Crippen LogP contribution in [0, 0.1) is 6.92 Å². The number of aromatic amines is 1. The summed E-state index contributed by atoms with van der Waals surface area (Å²) in [4.78, 5) is 15.9. The lowest BCUT2D eigenvalue weighted by Gasteiger charge is -1.98. The summed E-state index contributed by atoms with van der Waals surface area (Å²) in [5, 5.41) is 12.2. The molecule has 0 aromatic carbocycles. The number of carbonyl (C=O) groups excluding carboxylic acids is 1. The summed E-state index contributed by atoms with van der Waals surface area (Å²) < 4.78 is 0. The van der Waals surface area contributed by atoms with Crippen molar-refractivity contribution in [1.29, 1.82) is 0 Å². The van der Waals surface area contributed by atoms with Crippen LogP contribution in [0.25, 0.3) is 0 Å². The molecule has 2 N–H and O–H groups in total. The first-order chi connectivity index (χ1) is 8.06. The summed E-state index contributed by atoms with van der Waals surface area (Å²) in [5.74, 6) is 0.662. The zero-order valence-corrected chi connectivity index (χ0v) is 10.8. The van der Waals surface area contributed by atoms with Crippen molar-refractivity contribution in [1.82, 2.24) is 15.2 Å². The standard InChI is InChI=1S/C11H14N4OS/c1-6(2)8-4-10(15-14-8)13-11(16)9-5-17-7(3)12-9/h4-6H,1-3H3,(H2,13,14,15,16). The fourth-order valence-electron chi connectivity index (χ4n) is 1.34. The van der Waals surface area contributed by atoms with E-state index >= 15 is 0 Å². The topological polar surface area (TPSA) is 70.7 Å². The lowest BCUT2D eigenvalue weighted by atomic mass is 10.1. The molecule has 0 aliphatic carbocycles. The van der Waals surface area contributed by atoms with Gasteiger partial charge in [-0.1, -0.05) is 13.8 Å². The number of carbonyl (C=O) groups is 1. The average molecular weight is 250 g/mol. The smallest absolute Gasteiger partial charge is 0.276 e. The molecule has 5 nitrogen and oxygen atoms in total. The number of anilines is 1. The Labute approximate surface area is 103 Å². The van der Waals surface area contributed by atoms with Gasteiger partial charge in [0.1, 0.15) is 5.69 Å². The Kier molecular flexibility index (Phi) is 3.23. The summed E-state index contributed by atoms with van der Waals surface area (Å²) in [6, 6.07) is 1.84. The third-order valence-corrected chi connectivity index (χ3v) is 3.09. The van der Waals surface area contributed by atoms with Crippen LogP contribution in [-0.4, -0.2) is 21.1 Å². The maximum atomic E-state index is 11.8. The number of H-pyrrole nitrogens is 1. The van der Waals surface area contributed by atoms with Gasteiger partial charge in [-0.3, -0.25) is 9.89 Å². The Hall–Kier alpha value is -1.69. The van der Waals surface area contributed by atoms with Crippen LogP contribution in [0.5, 0.6) is 0 Å². The molecule has 0 saturated carbocycles. The summed E-state index contributed by atoms with van der Waals surface area (Å²) >= 11 is 1.45. The molecule has 0 aliphatic rings. The number of aryl methyl sites for hydroxylation is 1. The van der Waals surface area contributed by atoms with Crippen LogP contribution in [-0.2, 0) is 0 Å². The molecule has 90 valence electrons. The molecular weight excluding hydrogens is 236 g/mol. The van der Waals surface area contributed by atoms with Crippen LogP contribution in [0.2, 0.25) is 0 Å². The number of aromatic nitrogens is 3. The highest BCUT2D eigenvalue weighted by atomic mass is 32.1. The Balaban J connectivity index is 2.07. The number of nitrogens with one attached hydrogen (secondary N) is 2. The van der Waals surface area contributed by atoms with Crippen LogP contribution < -0.4 is 5.32 Å². The van der Waals surface area contributed by atoms with Gasteiger partial charge in [0.15, 0.2) is 5.82 Å². The minimum atomic E-state index is -0.226. The van der Waals surface area contributed by atoms with Gasteiger partial charge in [0.25, 0.3) is 5.91 Å². The molecule has 1 amide bonds. The maximum Gasteiger partial charge on any atom is 0.276 e. The number of amides is 1. The maximum absolute atomic E-state index is 11.8. The van der Waals surface area contributed by atoms with E-state index in [2.05, 4.69) is 34.3 Å². The van der Waals surface area contributed by atoms with Crippen molar-refractivity contribution >= 4 is 23.1 Å². The molecule has 2 aromatic rings. The summed E-state index contributed by atoms with van der Waals surface area (Å²) in [7, 11) is 0. The first kappa shape index (κ1) is 11.8. The van der Waals surface area contributed by atoms with Crippen LogP contribution in [0.15, 0.2) is 11.4 Å². The first-order valence-electron chi connectivity index (χ1n) is 5.35. The molecule has 17 heavy (non-hydrogen) atoms. The van der Waals surface area contributed by atoms with Gasteiger partial charge in [0.05, 0.1) is 5.01 Å². The number of thiazole rings is 1. The zero-order valence-electron chi connectivity index (χ0n) is 9.94.